The van der Waals surface area contributed by atoms with Crippen LogP contribution in [-0.4, -0.2) is 48.7 Å². The standard InChI is InChI=1S/C12H25NO3/c14-8-4-7-13-9-11(15)10-16-12-5-2-1-3-6-12/h11-15H,1-10H2. The summed E-state index contributed by atoms with van der Waals surface area (Å²) >= 11 is 0. The van der Waals surface area contributed by atoms with Crippen molar-refractivity contribution >= 4 is 0 Å². The van der Waals surface area contributed by atoms with Crippen LogP contribution in [0.2, 0.25) is 0 Å². The summed E-state index contributed by atoms with van der Waals surface area (Å²) in [5.74, 6) is 0. The van der Waals surface area contributed by atoms with Gasteiger partial charge in [0.1, 0.15) is 0 Å². The molecule has 0 amide bonds. The average molecular weight is 231 g/mol. The molecule has 4 nitrogen and oxygen atoms in total. The lowest BCUT2D eigenvalue weighted by atomic mass is 9.98. The van der Waals surface area contributed by atoms with Gasteiger partial charge in [-0.15, -0.1) is 0 Å². The smallest absolute Gasteiger partial charge is 0.0897 e. The summed E-state index contributed by atoms with van der Waals surface area (Å²) in [4.78, 5) is 0. The SMILES string of the molecule is OCCCNCC(O)COC1CCCCC1. The number of hydrogen-bond donors (Lipinski definition) is 3. The number of aliphatic hydroxyl groups excluding tert-OH is 2. The third-order valence-electron chi connectivity index (χ3n) is 2.97. The Morgan fingerprint density at radius 1 is 1.25 bits per heavy atom. The molecule has 1 unspecified atom stereocenters. The van der Waals surface area contributed by atoms with Gasteiger partial charge >= 0.3 is 0 Å². The second kappa shape index (κ2) is 8.93. The largest absolute Gasteiger partial charge is 0.396 e. The van der Waals surface area contributed by atoms with Crippen LogP contribution in [0.15, 0.2) is 0 Å². The second-order valence-corrected chi connectivity index (χ2v) is 4.53. The number of rotatable bonds is 8. The van der Waals surface area contributed by atoms with Crippen molar-refractivity contribution in [2.75, 3.05) is 26.3 Å². The first-order valence-electron chi connectivity index (χ1n) is 6.44. The molecule has 0 bridgehead atoms. The normalized spacial score (nSPS) is 19.9. The molecule has 3 N–H and O–H groups in total. The Morgan fingerprint density at radius 3 is 2.69 bits per heavy atom. The van der Waals surface area contributed by atoms with E-state index in [-0.39, 0.29) is 6.61 Å². The summed E-state index contributed by atoms with van der Waals surface area (Å²) in [6.07, 6.45) is 6.79. The third kappa shape index (κ3) is 6.43. The summed E-state index contributed by atoms with van der Waals surface area (Å²) in [6, 6.07) is 0. The van der Waals surface area contributed by atoms with Gasteiger partial charge in [0.2, 0.25) is 0 Å². The van der Waals surface area contributed by atoms with E-state index in [0.29, 0.717) is 19.3 Å². The van der Waals surface area contributed by atoms with Crippen LogP contribution < -0.4 is 5.32 Å². The second-order valence-electron chi connectivity index (χ2n) is 4.53. The van der Waals surface area contributed by atoms with Crippen molar-refractivity contribution in [1.82, 2.24) is 5.32 Å². The van der Waals surface area contributed by atoms with Gasteiger partial charge in [-0.2, -0.15) is 0 Å². The quantitative estimate of drug-likeness (QED) is 0.537. The molecule has 0 aromatic heterocycles. The summed E-state index contributed by atoms with van der Waals surface area (Å²) < 4.78 is 5.66. The first-order valence-corrected chi connectivity index (χ1v) is 6.44. The zero-order valence-corrected chi connectivity index (χ0v) is 10.0. The van der Waals surface area contributed by atoms with Crippen molar-refractivity contribution in [2.24, 2.45) is 0 Å². The zero-order valence-electron chi connectivity index (χ0n) is 10.0. The Balaban J connectivity index is 1.94. The summed E-state index contributed by atoms with van der Waals surface area (Å²) in [6.45, 7) is 1.92. The maximum Gasteiger partial charge on any atom is 0.0897 e. The fraction of sp³-hybridized carbons (Fsp3) is 1.00. The fourth-order valence-corrected chi connectivity index (χ4v) is 2.01. The molecule has 0 saturated heterocycles. The predicted molar refractivity (Wildman–Crippen MR) is 63.4 cm³/mol. The van der Waals surface area contributed by atoms with Crippen molar-refractivity contribution in [1.29, 1.82) is 0 Å². The minimum absolute atomic E-state index is 0.196. The van der Waals surface area contributed by atoms with Gasteiger partial charge in [0, 0.05) is 13.2 Å². The zero-order chi connectivity index (χ0) is 11.6. The Hall–Kier alpha value is -0.160. The molecule has 1 rings (SSSR count). The number of ether oxygens (including phenoxy) is 1. The minimum Gasteiger partial charge on any atom is -0.396 e. The maximum atomic E-state index is 9.63. The van der Waals surface area contributed by atoms with E-state index in [1.807, 2.05) is 0 Å². The van der Waals surface area contributed by atoms with Crippen molar-refractivity contribution < 1.29 is 14.9 Å². The van der Waals surface area contributed by atoms with Crippen LogP contribution in [0.3, 0.4) is 0 Å². The van der Waals surface area contributed by atoms with Crippen LogP contribution in [0, 0.1) is 0 Å². The highest BCUT2D eigenvalue weighted by atomic mass is 16.5. The van der Waals surface area contributed by atoms with E-state index in [9.17, 15) is 5.11 Å². The van der Waals surface area contributed by atoms with Crippen LogP contribution in [0.25, 0.3) is 0 Å². The molecule has 1 saturated carbocycles. The highest BCUT2D eigenvalue weighted by Crippen LogP contribution is 2.20. The van der Waals surface area contributed by atoms with Crippen LogP contribution >= 0.6 is 0 Å². The molecular weight excluding hydrogens is 206 g/mol. The Morgan fingerprint density at radius 2 is 2.00 bits per heavy atom. The van der Waals surface area contributed by atoms with E-state index in [0.717, 1.165) is 25.8 Å². The monoisotopic (exact) mass is 231 g/mol. The lowest BCUT2D eigenvalue weighted by Crippen LogP contribution is -2.33. The summed E-state index contributed by atoms with van der Waals surface area (Å²) in [5, 5.41) is 21.3. The molecule has 0 radical (unpaired) electrons. The van der Waals surface area contributed by atoms with Crippen molar-refractivity contribution in [3.8, 4) is 0 Å². The minimum atomic E-state index is -0.430. The highest BCUT2D eigenvalue weighted by molar-refractivity contribution is 4.67. The number of nitrogens with one attached hydrogen (secondary N) is 1. The van der Waals surface area contributed by atoms with Gasteiger partial charge in [-0.1, -0.05) is 19.3 Å². The predicted octanol–water partition coefficient (Wildman–Crippen LogP) is 0.669. The van der Waals surface area contributed by atoms with Gasteiger partial charge in [-0.25, -0.2) is 0 Å². The lowest BCUT2D eigenvalue weighted by molar-refractivity contribution is -0.0229. The summed E-state index contributed by atoms with van der Waals surface area (Å²) in [7, 11) is 0. The molecule has 0 aromatic rings. The molecular formula is C12H25NO3. The third-order valence-corrected chi connectivity index (χ3v) is 2.97. The van der Waals surface area contributed by atoms with Gasteiger partial charge in [0.15, 0.2) is 0 Å². The van der Waals surface area contributed by atoms with Crippen LogP contribution in [0.5, 0.6) is 0 Å². The first-order chi connectivity index (χ1) is 7.83. The molecule has 1 fully saturated rings. The van der Waals surface area contributed by atoms with Crippen molar-refractivity contribution in [3.05, 3.63) is 0 Å². The van der Waals surface area contributed by atoms with Gasteiger partial charge in [-0.05, 0) is 25.8 Å². The number of hydrogen-bond acceptors (Lipinski definition) is 4. The molecule has 0 aliphatic heterocycles. The Labute approximate surface area is 98.0 Å². The van der Waals surface area contributed by atoms with Gasteiger partial charge in [-0.3, -0.25) is 0 Å². The Bertz CT molecular complexity index is 160. The van der Waals surface area contributed by atoms with Crippen molar-refractivity contribution in [3.63, 3.8) is 0 Å². The molecule has 0 aromatic carbocycles. The van der Waals surface area contributed by atoms with Crippen LogP contribution in [0.1, 0.15) is 38.5 Å². The molecule has 16 heavy (non-hydrogen) atoms. The van der Waals surface area contributed by atoms with Crippen molar-refractivity contribution in [2.45, 2.75) is 50.7 Å². The van der Waals surface area contributed by atoms with E-state index in [1.54, 1.807) is 0 Å². The first kappa shape index (κ1) is 13.9. The molecule has 1 aliphatic carbocycles. The molecule has 0 heterocycles. The van der Waals surface area contributed by atoms with E-state index < -0.39 is 6.10 Å². The van der Waals surface area contributed by atoms with E-state index in [2.05, 4.69) is 5.32 Å². The molecule has 0 spiro atoms. The average Bonchev–Trinajstić information content (AvgIpc) is 2.33. The topological polar surface area (TPSA) is 61.7 Å². The van der Waals surface area contributed by atoms with E-state index in [1.165, 1.54) is 19.3 Å². The summed E-state index contributed by atoms with van der Waals surface area (Å²) in [5.41, 5.74) is 0. The van der Waals surface area contributed by atoms with E-state index >= 15 is 0 Å². The Kier molecular flexibility index (Phi) is 7.76. The van der Waals surface area contributed by atoms with Gasteiger partial charge in [0.25, 0.3) is 0 Å². The van der Waals surface area contributed by atoms with E-state index in [4.69, 9.17) is 9.84 Å². The van der Waals surface area contributed by atoms with Gasteiger partial charge < -0.3 is 20.3 Å². The lowest BCUT2D eigenvalue weighted by Gasteiger charge is -2.23. The molecule has 4 heteroatoms. The van der Waals surface area contributed by atoms with Gasteiger partial charge in [0.05, 0.1) is 18.8 Å². The maximum absolute atomic E-state index is 9.63. The number of aliphatic hydroxyl groups is 2. The van der Waals surface area contributed by atoms with Crippen LogP contribution in [-0.2, 0) is 4.74 Å². The molecule has 1 atom stereocenters. The molecule has 1 aliphatic rings. The van der Waals surface area contributed by atoms with Crippen LogP contribution in [0.4, 0.5) is 0 Å². The highest BCUT2D eigenvalue weighted by Gasteiger charge is 2.15. The molecule has 96 valence electrons. The fourth-order valence-electron chi connectivity index (χ4n) is 2.01.